The van der Waals surface area contributed by atoms with Crippen molar-refractivity contribution in [3.63, 3.8) is 0 Å². The number of nitrogens with one attached hydrogen (secondary N) is 1. The maximum absolute atomic E-state index is 13.8. The van der Waals surface area contributed by atoms with E-state index in [2.05, 4.69) is 5.32 Å². The number of amides is 1. The standard InChI is InChI=1S/C24H19F2N3O3S/c25-19-5-3-6-20(26)23(19)24(30)27-12-13-28-14-22(18-4-1-2-7-21(18)28)33-15-16-8-10-17(11-9-16)29(31)32/h1-11,14H,12-13,15H2,(H,27,30). The molecule has 3 aromatic carbocycles. The third-order valence-corrected chi connectivity index (χ3v) is 6.24. The van der Waals surface area contributed by atoms with Crippen molar-refractivity contribution in [2.45, 2.75) is 17.2 Å². The van der Waals surface area contributed by atoms with Gasteiger partial charge in [0, 0.05) is 53.0 Å². The average molecular weight is 467 g/mol. The molecule has 0 fully saturated rings. The van der Waals surface area contributed by atoms with Crippen molar-refractivity contribution in [2.24, 2.45) is 0 Å². The average Bonchev–Trinajstić information content (AvgIpc) is 3.15. The Kier molecular flexibility index (Phi) is 6.69. The SMILES string of the molecule is O=C(NCCn1cc(SCc2ccc([N+](=O)[O-])cc2)c2ccccc21)c1c(F)cccc1F. The van der Waals surface area contributed by atoms with Crippen molar-refractivity contribution >= 4 is 34.3 Å². The quantitative estimate of drug-likeness (QED) is 0.209. The van der Waals surface area contributed by atoms with Crippen molar-refractivity contribution in [3.05, 3.63) is 106 Å². The number of carbonyl (C=O) groups is 1. The fourth-order valence-electron chi connectivity index (χ4n) is 3.48. The van der Waals surface area contributed by atoms with Gasteiger partial charge in [-0.3, -0.25) is 14.9 Å². The molecule has 1 aromatic heterocycles. The Labute approximate surface area is 192 Å². The van der Waals surface area contributed by atoms with Crippen LogP contribution >= 0.6 is 11.8 Å². The van der Waals surface area contributed by atoms with Gasteiger partial charge in [0.15, 0.2) is 0 Å². The van der Waals surface area contributed by atoms with E-state index in [4.69, 9.17) is 0 Å². The Morgan fingerprint density at radius 2 is 1.70 bits per heavy atom. The van der Waals surface area contributed by atoms with Gasteiger partial charge in [-0.05, 0) is 23.8 Å². The smallest absolute Gasteiger partial charge is 0.269 e. The van der Waals surface area contributed by atoms with Gasteiger partial charge in [-0.25, -0.2) is 8.78 Å². The van der Waals surface area contributed by atoms with Gasteiger partial charge in [-0.2, -0.15) is 0 Å². The number of nitro groups is 1. The fourth-order valence-corrected chi connectivity index (χ4v) is 4.53. The summed E-state index contributed by atoms with van der Waals surface area (Å²) in [6.07, 6.45) is 1.97. The van der Waals surface area contributed by atoms with Gasteiger partial charge >= 0.3 is 0 Å². The molecule has 0 saturated heterocycles. The summed E-state index contributed by atoms with van der Waals surface area (Å²) in [6.45, 7) is 0.609. The first-order valence-corrected chi connectivity index (χ1v) is 11.1. The first kappa shape index (κ1) is 22.5. The zero-order valence-corrected chi connectivity index (χ0v) is 18.1. The van der Waals surface area contributed by atoms with Crippen LogP contribution in [0.25, 0.3) is 10.9 Å². The van der Waals surface area contributed by atoms with E-state index in [9.17, 15) is 23.7 Å². The molecule has 6 nitrogen and oxygen atoms in total. The van der Waals surface area contributed by atoms with Gasteiger partial charge in [0.1, 0.15) is 17.2 Å². The number of benzene rings is 3. The molecule has 0 aliphatic heterocycles. The Bertz CT molecular complexity index is 1300. The monoisotopic (exact) mass is 467 g/mol. The molecule has 0 atom stereocenters. The predicted molar refractivity (Wildman–Crippen MR) is 123 cm³/mol. The molecule has 0 saturated carbocycles. The van der Waals surface area contributed by atoms with E-state index < -0.39 is 28.0 Å². The summed E-state index contributed by atoms with van der Waals surface area (Å²) in [7, 11) is 0. The summed E-state index contributed by atoms with van der Waals surface area (Å²) in [5.41, 5.74) is 1.39. The Morgan fingerprint density at radius 3 is 2.39 bits per heavy atom. The van der Waals surface area contributed by atoms with Gasteiger partial charge in [0.2, 0.25) is 0 Å². The van der Waals surface area contributed by atoms with Crippen LogP contribution in [0, 0.1) is 21.7 Å². The van der Waals surface area contributed by atoms with Gasteiger partial charge in [0.25, 0.3) is 11.6 Å². The van der Waals surface area contributed by atoms with E-state index in [1.165, 1.54) is 18.2 Å². The van der Waals surface area contributed by atoms with Crippen molar-refractivity contribution in [1.29, 1.82) is 0 Å². The number of non-ortho nitro benzene ring substituents is 1. The van der Waals surface area contributed by atoms with Crippen LogP contribution in [-0.2, 0) is 12.3 Å². The van der Waals surface area contributed by atoms with E-state index >= 15 is 0 Å². The van der Waals surface area contributed by atoms with E-state index in [1.54, 1.807) is 23.9 Å². The van der Waals surface area contributed by atoms with Gasteiger partial charge in [0.05, 0.1) is 4.92 Å². The molecule has 4 rings (SSSR count). The van der Waals surface area contributed by atoms with E-state index in [-0.39, 0.29) is 12.2 Å². The maximum atomic E-state index is 13.8. The minimum atomic E-state index is -0.899. The third-order valence-electron chi connectivity index (χ3n) is 5.12. The van der Waals surface area contributed by atoms with Crippen LogP contribution in [0.15, 0.2) is 77.8 Å². The highest BCUT2D eigenvalue weighted by Gasteiger charge is 2.17. The van der Waals surface area contributed by atoms with Gasteiger partial charge < -0.3 is 9.88 Å². The second-order valence-corrected chi connectivity index (χ2v) is 8.29. The molecule has 4 aromatic rings. The zero-order chi connectivity index (χ0) is 23.4. The summed E-state index contributed by atoms with van der Waals surface area (Å²) in [6, 6.07) is 17.6. The van der Waals surface area contributed by atoms with Gasteiger partial charge in [-0.1, -0.05) is 36.4 Å². The van der Waals surface area contributed by atoms with Crippen LogP contribution in [-0.4, -0.2) is 21.9 Å². The molecule has 0 aliphatic rings. The predicted octanol–water partition coefficient (Wildman–Crippen LogP) is 5.55. The molecular weight excluding hydrogens is 448 g/mol. The van der Waals surface area contributed by atoms with Crippen LogP contribution in [0.3, 0.4) is 0 Å². The molecule has 168 valence electrons. The molecule has 0 bridgehead atoms. The number of aromatic nitrogens is 1. The maximum Gasteiger partial charge on any atom is 0.269 e. The molecule has 1 N–H and O–H groups in total. The number of thioether (sulfide) groups is 1. The normalized spacial score (nSPS) is 11.0. The number of nitro benzene ring substituents is 1. The molecule has 33 heavy (non-hydrogen) atoms. The molecule has 0 aliphatic carbocycles. The lowest BCUT2D eigenvalue weighted by Crippen LogP contribution is -2.28. The molecule has 1 amide bonds. The summed E-state index contributed by atoms with van der Waals surface area (Å²) in [5.74, 6) is -1.96. The molecule has 0 radical (unpaired) electrons. The van der Waals surface area contributed by atoms with Crippen molar-refractivity contribution in [1.82, 2.24) is 9.88 Å². The van der Waals surface area contributed by atoms with Crippen molar-refractivity contribution in [3.8, 4) is 0 Å². The van der Waals surface area contributed by atoms with Crippen LogP contribution < -0.4 is 5.32 Å². The number of hydrogen-bond acceptors (Lipinski definition) is 4. The number of rotatable bonds is 8. The largest absolute Gasteiger partial charge is 0.350 e. The van der Waals surface area contributed by atoms with E-state index in [0.29, 0.717) is 12.3 Å². The molecule has 1 heterocycles. The topological polar surface area (TPSA) is 77.2 Å². The molecular formula is C24H19F2N3O3S. The minimum absolute atomic E-state index is 0.0534. The second-order valence-electron chi connectivity index (χ2n) is 7.27. The minimum Gasteiger partial charge on any atom is -0.350 e. The number of nitrogens with zero attached hydrogens (tertiary/aromatic N) is 2. The Balaban J connectivity index is 1.44. The van der Waals surface area contributed by atoms with Gasteiger partial charge in [-0.15, -0.1) is 11.8 Å². The number of carbonyl (C=O) groups excluding carboxylic acids is 1. The third kappa shape index (κ3) is 5.04. The fraction of sp³-hybridized carbons (Fsp3) is 0.125. The van der Waals surface area contributed by atoms with Crippen LogP contribution in [0.2, 0.25) is 0 Å². The first-order chi connectivity index (χ1) is 15.9. The molecule has 0 unspecified atom stereocenters. The summed E-state index contributed by atoms with van der Waals surface area (Å²) >= 11 is 1.60. The van der Waals surface area contributed by atoms with Crippen molar-refractivity contribution < 1.29 is 18.5 Å². The number of halogens is 2. The Hall–Kier alpha value is -3.72. The lowest BCUT2D eigenvalue weighted by molar-refractivity contribution is -0.384. The second kappa shape index (κ2) is 9.83. The highest BCUT2D eigenvalue weighted by atomic mass is 32.2. The van der Waals surface area contributed by atoms with E-state index in [1.807, 2.05) is 35.0 Å². The number of para-hydroxylation sites is 1. The summed E-state index contributed by atoms with van der Waals surface area (Å²) < 4.78 is 29.6. The lowest BCUT2D eigenvalue weighted by atomic mass is 10.2. The Morgan fingerprint density at radius 1 is 1.00 bits per heavy atom. The molecule has 9 heteroatoms. The lowest BCUT2D eigenvalue weighted by Gasteiger charge is -2.09. The first-order valence-electron chi connectivity index (χ1n) is 10.1. The zero-order valence-electron chi connectivity index (χ0n) is 17.3. The number of fused-ring (bicyclic) bond motifs is 1. The van der Waals surface area contributed by atoms with Crippen LogP contribution in [0.4, 0.5) is 14.5 Å². The highest BCUT2D eigenvalue weighted by molar-refractivity contribution is 7.98. The highest BCUT2D eigenvalue weighted by Crippen LogP contribution is 2.32. The molecule has 0 spiro atoms. The van der Waals surface area contributed by atoms with Crippen LogP contribution in [0.5, 0.6) is 0 Å². The summed E-state index contributed by atoms with van der Waals surface area (Å²) in [4.78, 5) is 23.6. The summed E-state index contributed by atoms with van der Waals surface area (Å²) in [5, 5.41) is 14.4. The van der Waals surface area contributed by atoms with E-state index in [0.717, 1.165) is 33.5 Å². The van der Waals surface area contributed by atoms with Crippen molar-refractivity contribution in [2.75, 3.05) is 6.54 Å². The van der Waals surface area contributed by atoms with Crippen LogP contribution in [0.1, 0.15) is 15.9 Å². The number of hydrogen-bond donors (Lipinski definition) is 1.